The second-order valence-electron chi connectivity index (χ2n) is 5.81. The molecule has 0 aliphatic heterocycles. The van der Waals surface area contributed by atoms with Gasteiger partial charge in [0.25, 0.3) is 0 Å². The van der Waals surface area contributed by atoms with Gasteiger partial charge in [-0.2, -0.15) is 5.10 Å². The molecular weight excluding hydrogens is 264 g/mol. The number of nitrogens with one attached hydrogen (secondary N) is 1. The third-order valence-corrected chi connectivity index (χ3v) is 3.30. The van der Waals surface area contributed by atoms with Gasteiger partial charge in [-0.25, -0.2) is 4.98 Å². The quantitative estimate of drug-likeness (QED) is 0.759. The fourth-order valence-corrected chi connectivity index (χ4v) is 2.28. The van der Waals surface area contributed by atoms with E-state index in [0.717, 1.165) is 55.5 Å². The number of hydrogen-bond acceptors (Lipinski definition) is 4. The first-order chi connectivity index (χ1) is 10.1. The Morgan fingerprint density at radius 3 is 2.90 bits per heavy atom. The van der Waals surface area contributed by atoms with Crippen molar-refractivity contribution in [3.63, 3.8) is 0 Å². The molecule has 0 saturated heterocycles. The van der Waals surface area contributed by atoms with Crippen LogP contribution >= 0.6 is 0 Å². The monoisotopic (exact) mass is 290 g/mol. The fraction of sp³-hybridized carbons (Fsp3) is 0.625. The largest absolute Gasteiger partial charge is 0.439 e. The third kappa shape index (κ3) is 4.43. The molecule has 21 heavy (non-hydrogen) atoms. The predicted octanol–water partition coefficient (Wildman–Crippen LogP) is 3.04. The summed E-state index contributed by atoms with van der Waals surface area (Å²) in [4.78, 5) is 4.37. The lowest BCUT2D eigenvalue weighted by Crippen LogP contribution is -2.21. The van der Waals surface area contributed by atoms with Crippen LogP contribution in [0.2, 0.25) is 0 Å². The molecule has 0 atom stereocenters. The van der Waals surface area contributed by atoms with Gasteiger partial charge in [0.1, 0.15) is 5.69 Å². The van der Waals surface area contributed by atoms with Crippen molar-refractivity contribution in [3.05, 3.63) is 23.8 Å². The van der Waals surface area contributed by atoms with Gasteiger partial charge >= 0.3 is 0 Å². The third-order valence-electron chi connectivity index (χ3n) is 3.30. The molecule has 0 aliphatic carbocycles. The number of aromatic nitrogens is 3. The van der Waals surface area contributed by atoms with Crippen LogP contribution in [0.3, 0.4) is 0 Å². The Morgan fingerprint density at radius 1 is 1.38 bits per heavy atom. The molecule has 2 heterocycles. The van der Waals surface area contributed by atoms with Crippen LogP contribution in [0.25, 0.3) is 11.5 Å². The highest BCUT2D eigenvalue weighted by Gasteiger charge is 2.12. The molecule has 2 aromatic rings. The van der Waals surface area contributed by atoms with Gasteiger partial charge < -0.3 is 9.73 Å². The summed E-state index contributed by atoms with van der Waals surface area (Å²) in [5, 5.41) is 7.87. The molecule has 0 fully saturated rings. The van der Waals surface area contributed by atoms with Crippen LogP contribution in [-0.4, -0.2) is 27.9 Å². The lowest BCUT2D eigenvalue weighted by Gasteiger charge is -2.05. The SMILES string of the molecule is CCn1nc(C)cc1-c1cnc(CCCNCC(C)C)o1. The van der Waals surface area contributed by atoms with Crippen LogP contribution in [0.15, 0.2) is 16.7 Å². The molecule has 1 N–H and O–H groups in total. The minimum Gasteiger partial charge on any atom is -0.439 e. The summed E-state index contributed by atoms with van der Waals surface area (Å²) in [6.45, 7) is 11.4. The summed E-state index contributed by atoms with van der Waals surface area (Å²) in [6, 6.07) is 2.04. The van der Waals surface area contributed by atoms with Crippen molar-refractivity contribution < 1.29 is 4.42 Å². The van der Waals surface area contributed by atoms with Gasteiger partial charge in [-0.15, -0.1) is 0 Å². The van der Waals surface area contributed by atoms with E-state index < -0.39 is 0 Å². The molecule has 0 radical (unpaired) electrons. The van der Waals surface area contributed by atoms with Gasteiger partial charge in [0.15, 0.2) is 11.7 Å². The smallest absolute Gasteiger partial charge is 0.195 e. The predicted molar refractivity (Wildman–Crippen MR) is 84.2 cm³/mol. The van der Waals surface area contributed by atoms with Crippen LogP contribution in [0.5, 0.6) is 0 Å². The highest BCUT2D eigenvalue weighted by atomic mass is 16.4. The first kappa shape index (κ1) is 15.8. The van der Waals surface area contributed by atoms with Gasteiger partial charge in [0.05, 0.1) is 11.9 Å². The molecule has 0 amide bonds. The summed E-state index contributed by atoms with van der Waals surface area (Å²) < 4.78 is 7.80. The molecule has 2 aromatic heterocycles. The van der Waals surface area contributed by atoms with Crippen LogP contribution < -0.4 is 5.32 Å². The van der Waals surface area contributed by atoms with Gasteiger partial charge in [-0.05, 0) is 45.3 Å². The van der Waals surface area contributed by atoms with E-state index in [0.29, 0.717) is 5.92 Å². The van der Waals surface area contributed by atoms with Gasteiger partial charge in [-0.3, -0.25) is 4.68 Å². The Bertz CT molecular complexity index is 556. The lowest BCUT2D eigenvalue weighted by atomic mass is 10.2. The van der Waals surface area contributed by atoms with E-state index in [1.54, 1.807) is 6.20 Å². The molecule has 2 rings (SSSR count). The van der Waals surface area contributed by atoms with Gasteiger partial charge in [0.2, 0.25) is 0 Å². The zero-order valence-electron chi connectivity index (χ0n) is 13.5. The Balaban J connectivity index is 1.89. The maximum Gasteiger partial charge on any atom is 0.195 e. The molecule has 0 unspecified atom stereocenters. The van der Waals surface area contributed by atoms with Crippen LogP contribution in [-0.2, 0) is 13.0 Å². The zero-order valence-corrected chi connectivity index (χ0v) is 13.5. The average molecular weight is 290 g/mol. The van der Waals surface area contributed by atoms with Crippen LogP contribution in [0.4, 0.5) is 0 Å². The summed E-state index contributed by atoms with van der Waals surface area (Å²) in [5.41, 5.74) is 2.01. The van der Waals surface area contributed by atoms with Crippen molar-refractivity contribution in [2.24, 2.45) is 5.92 Å². The van der Waals surface area contributed by atoms with E-state index >= 15 is 0 Å². The standard InChI is InChI=1S/C16H26N4O/c1-5-20-14(9-13(4)19-20)15-11-18-16(21-15)7-6-8-17-10-12(2)3/h9,11-12,17H,5-8,10H2,1-4H3. The number of nitrogens with zero attached hydrogens (tertiary/aromatic N) is 3. The maximum absolute atomic E-state index is 5.85. The first-order valence-corrected chi connectivity index (χ1v) is 7.80. The van der Waals surface area contributed by atoms with Crippen molar-refractivity contribution in [3.8, 4) is 11.5 Å². The minimum atomic E-state index is 0.691. The van der Waals surface area contributed by atoms with Gasteiger partial charge in [0, 0.05) is 13.0 Å². The molecule has 5 nitrogen and oxygen atoms in total. The molecule has 0 aliphatic rings. The normalized spacial score (nSPS) is 11.5. The van der Waals surface area contributed by atoms with Crippen molar-refractivity contribution in [1.29, 1.82) is 0 Å². The fourth-order valence-electron chi connectivity index (χ4n) is 2.28. The topological polar surface area (TPSA) is 55.9 Å². The van der Waals surface area contributed by atoms with Crippen LogP contribution in [0, 0.1) is 12.8 Å². The van der Waals surface area contributed by atoms with E-state index in [2.05, 4.69) is 36.2 Å². The Morgan fingerprint density at radius 2 is 2.19 bits per heavy atom. The number of rotatable bonds is 8. The van der Waals surface area contributed by atoms with Crippen LogP contribution in [0.1, 0.15) is 38.8 Å². The molecule has 0 saturated carbocycles. The van der Waals surface area contributed by atoms with E-state index in [1.165, 1.54) is 0 Å². The van der Waals surface area contributed by atoms with Crippen molar-refractivity contribution in [1.82, 2.24) is 20.1 Å². The number of aryl methyl sites for hydroxylation is 3. The molecule has 0 bridgehead atoms. The van der Waals surface area contributed by atoms with E-state index in [9.17, 15) is 0 Å². The molecule has 116 valence electrons. The van der Waals surface area contributed by atoms with E-state index in [-0.39, 0.29) is 0 Å². The number of oxazole rings is 1. The highest BCUT2D eigenvalue weighted by molar-refractivity contribution is 5.51. The number of hydrogen-bond donors (Lipinski definition) is 1. The molecular formula is C16H26N4O. The molecule has 5 heteroatoms. The molecule has 0 spiro atoms. The minimum absolute atomic E-state index is 0.691. The summed E-state index contributed by atoms with van der Waals surface area (Å²) >= 11 is 0. The maximum atomic E-state index is 5.85. The van der Waals surface area contributed by atoms with E-state index in [1.807, 2.05) is 17.7 Å². The first-order valence-electron chi connectivity index (χ1n) is 7.80. The average Bonchev–Trinajstić information content (AvgIpc) is 3.04. The molecule has 0 aromatic carbocycles. The highest BCUT2D eigenvalue weighted by Crippen LogP contribution is 2.22. The zero-order chi connectivity index (χ0) is 15.2. The second kappa shape index (κ2) is 7.41. The Labute approximate surface area is 126 Å². The second-order valence-corrected chi connectivity index (χ2v) is 5.81. The van der Waals surface area contributed by atoms with E-state index in [4.69, 9.17) is 4.42 Å². The van der Waals surface area contributed by atoms with Crippen molar-refractivity contribution in [2.45, 2.75) is 47.1 Å². The summed E-state index contributed by atoms with van der Waals surface area (Å²) in [5.74, 6) is 2.30. The van der Waals surface area contributed by atoms with Gasteiger partial charge in [-0.1, -0.05) is 13.8 Å². The lowest BCUT2D eigenvalue weighted by molar-refractivity contribution is 0.479. The Kier molecular flexibility index (Phi) is 5.56. The summed E-state index contributed by atoms with van der Waals surface area (Å²) in [6.07, 6.45) is 3.71. The Hall–Kier alpha value is -1.62. The summed E-state index contributed by atoms with van der Waals surface area (Å²) in [7, 11) is 0. The van der Waals surface area contributed by atoms with Crippen molar-refractivity contribution >= 4 is 0 Å². The van der Waals surface area contributed by atoms with Crippen molar-refractivity contribution in [2.75, 3.05) is 13.1 Å².